The van der Waals surface area contributed by atoms with E-state index in [9.17, 15) is 0 Å². The molecule has 2 aromatic heterocycles. The number of pyridine rings is 2. The molecule has 2 rings (SSSR count). The maximum Gasteiger partial charge on any atom is 0.0357 e. The Morgan fingerprint density at radius 3 is 1.57 bits per heavy atom. The zero-order valence-corrected chi connectivity index (χ0v) is 11.4. The molecule has 0 fully saturated rings. The largest absolute Gasteiger partial charge is 0.264 e. The minimum absolute atomic E-state index is 1.14. The van der Waals surface area contributed by atoms with Crippen LogP contribution in [0, 0.1) is 7.14 Å². The summed E-state index contributed by atoms with van der Waals surface area (Å²) < 4.78 is 2.40. The molecule has 70 valence electrons. The summed E-state index contributed by atoms with van der Waals surface area (Å²) in [4.78, 5) is 8.25. The van der Waals surface area contributed by atoms with Crippen LogP contribution in [-0.4, -0.2) is 9.97 Å². The highest BCUT2D eigenvalue weighted by atomic mass is 127. The van der Waals surface area contributed by atoms with Crippen molar-refractivity contribution >= 4 is 45.2 Å². The summed E-state index contributed by atoms with van der Waals surface area (Å²) in [5.74, 6) is 0. The SMILES string of the molecule is Ic1ccncc1-c1cnccc1I. The summed E-state index contributed by atoms with van der Waals surface area (Å²) in [6.45, 7) is 0. The molecule has 0 radical (unpaired) electrons. The number of halogens is 2. The lowest BCUT2D eigenvalue weighted by Gasteiger charge is -2.04. The van der Waals surface area contributed by atoms with Crippen LogP contribution in [0.4, 0.5) is 0 Å². The van der Waals surface area contributed by atoms with Crippen LogP contribution in [0.3, 0.4) is 0 Å². The topological polar surface area (TPSA) is 25.8 Å². The molecule has 0 atom stereocenters. The molecular weight excluding hydrogens is 402 g/mol. The zero-order valence-electron chi connectivity index (χ0n) is 7.11. The highest BCUT2D eigenvalue weighted by Crippen LogP contribution is 2.27. The fourth-order valence-corrected chi connectivity index (χ4v) is 2.33. The van der Waals surface area contributed by atoms with E-state index in [2.05, 4.69) is 55.1 Å². The van der Waals surface area contributed by atoms with Crippen molar-refractivity contribution in [1.82, 2.24) is 9.97 Å². The first-order valence-electron chi connectivity index (χ1n) is 3.98. The highest BCUT2D eigenvalue weighted by molar-refractivity contribution is 14.1. The van der Waals surface area contributed by atoms with Crippen LogP contribution in [0.15, 0.2) is 36.9 Å². The molecule has 4 heteroatoms. The van der Waals surface area contributed by atoms with Crippen LogP contribution < -0.4 is 0 Å². The van der Waals surface area contributed by atoms with Crippen LogP contribution in [0.2, 0.25) is 0 Å². The van der Waals surface area contributed by atoms with Crippen molar-refractivity contribution < 1.29 is 0 Å². The Labute approximate surface area is 109 Å². The average molecular weight is 408 g/mol. The molecular formula is C10H6I2N2. The number of rotatable bonds is 1. The summed E-state index contributed by atoms with van der Waals surface area (Å²) >= 11 is 4.62. The molecule has 0 spiro atoms. The van der Waals surface area contributed by atoms with Crippen LogP contribution in [0.5, 0.6) is 0 Å². The molecule has 2 heterocycles. The van der Waals surface area contributed by atoms with Crippen LogP contribution in [0.25, 0.3) is 11.1 Å². The van der Waals surface area contributed by atoms with Gasteiger partial charge in [-0.1, -0.05) is 0 Å². The van der Waals surface area contributed by atoms with Gasteiger partial charge >= 0.3 is 0 Å². The lowest BCUT2D eigenvalue weighted by molar-refractivity contribution is 1.28. The first-order valence-corrected chi connectivity index (χ1v) is 6.14. The van der Waals surface area contributed by atoms with Crippen molar-refractivity contribution in [2.24, 2.45) is 0 Å². The van der Waals surface area contributed by atoms with Crippen molar-refractivity contribution in [2.75, 3.05) is 0 Å². The van der Waals surface area contributed by atoms with E-state index in [1.165, 1.54) is 7.14 Å². The van der Waals surface area contributed by atoms with Gasteiger partial charge in [-0.05, 0) is 57.3 Å². The quantitative estimate of drug-likeness (QED) is 0.677. The Bertz CT molecular complexity index is 414. The molecule has 0 unspecified atom stereocenters. The Morgan fingerprint density at radius 2 is 1.21 bits per heavy atom. The van der Waals surface area contributed by atoms with E-state index < -0.39 is 0 Å². The molecule has 0 bridgehead atoms. The standard InChI is InChI=1S/C10H6I2N2/c11-9-1-3-13-5-7(9)8-6-14-4-2-10(8)12/h1-6H. The van der Waals surface area contributed by atoms with Gasteiger partial charge in [0.05, 0.1) is 0 Å². The second kappa shape index (κ2) is 4.52. The fraction of sp³-hybridized carbons (Fsp3) is 0. The van der Waals surface area contributed by atoms with Gasteiger partial charge in [0, 0.05) is 43.1 Å². The first kappa shape index (κ1) is 10.3. The first-order chi connectivity index (χ1) is 6.79. The molecule has 2 aromatic rings. The maximum atomic E-state index is 4.13. The van der Waals surface area contributed by atoms with Crippen molar-refractivity contribution in [3.05, 3.63) is 44.1 Å². The molecule has 0 saturated carbocycles. The Balaban J connectivity index is 2.61. The Kier molecular flexibility index (Phi) is 3.32. The van der Waals surface area contributed by atoms with E-state index >= 15 is 0 Å². The number of nitrogens with zero attached hydrogens (tertiary/aromatic N) is 2. The van der Waals surface area contributed by atoms with Crippen LogP contribution in [-0.2, 0) is 0 Å². The zero-order chi connectivity index (χ0) is 9.97. The summed E-state index contributed by atoms with van der Waals surface area (Å²) in [6.07, 6.45) is 7.35. The van der Waals surface area contributed by atoms with Gasteiger partial charge in [-0.3, -0.25) is 9.97 Å². The maximum absolute atomic E-state index is 4.13. The van der Waals surface area contributed by atoms with E-state index in [0.29, 0.717) is 0 Å². The third kappa shape index (κ3) is 2.05. The molecule has 0 aromatic carbocycles. The molecule has 0 aliphatic rings. The van der Waals surface area contributed by atoms with Gasteiger partial charge in [-0.15, -0.1) is 0 Å². The van der Waals surface area contributed by atoms with E-state index in [0.717, 1.165) is 11.1 Å². The van der Waals surface area contributed by atoms with E-state index in [-0.39, 0.29) is 0 Å². The number of hydrogen-bond acceptors (Lipinski definition) is 2. The second-order valence-corrected chi connectivity index (χ2v) is 5.04. The van der Waals surface area contributed by atoms with Crippen LogP contribution in [0.1, 0.15) is 0 Å². The summed E-state index contributed by atoms with van der Waals surface area (Å²) in [5.41, 5.74) is 2.29. The third-order valence-electron chi connectivity index (χ3n) is 1.83. The second-order valence-electron chi connectivity index (χ2n) is 2.71. The summed E-state index contributed by atoms with van der Waals surface area (Å²) in [6, 6.07) is 4.00. The van der Waals surface area contributed by atoms with Gasteiger partial charge in [0.1, 0.15) is 0 Å². The highest BCUT2D eigenvalue weighted by Gasteiger charge is 2.05. The molecule has 0 aliphatic heterocycles. The average Bonchev–Trinajstić information content (AvgIpc) is 2.20. The Morgan fingerprint density at radius 1 is 0.786 bits per heavy atom. The molecule has 14 heavy (non-hydrogen) atoms. The van der Waals surface area contributed by atoms with E-state index in [4.69, 9.17) is 0 Å². The number of hydrogen-bond donors (Lipinski definition) is 0. The van der Waals surface area contributed by atoms with Gasteiger partial charge in [0.2, 0.25) is 0 Å². The summed E-state index contributed by atoms with van der Waals surface area (Å²) in [5, 5.41) is 0. The minimum atomic E-state index is 1.14. The minimum Gasteiger partial charge on any atom is -0.264 e. The van der Waals surface area contributed by atoms with Crippen molar-refractivity contribution in [1.29, 1.82) is 0 Å². The molecule has 2 nitrogen and oxygen atoms in total. The fourth-order valence-electron chi connectivity index (χ4n) is 1.15. The van der Waals surface area contributed by atoms with E-state index in [1.807, 2.05) is 24.5 Å². The van der Waals surface area contributed by atoms with Gasteiger partial charge in [0.25, 0.3) is 0 Å². The predicted molar refractivity (Wildman–Crippen MR) is 72.9 cm³/mol. The van der Waals surface area contributed by atoms with E-state index in [1.54, 1.807) is 12.4 Å². The molecule has 0 amide bonds. The predicted octanol–water partition coefficient (Wildman–Crippen LogP) is 3.35. The van der Waals surface area contributed by atoms with Crippen molar-refractivity contribution in [3.63, 3.8) is 0 Å². The molecule has 0 saturated heterocycles. The third-order valence-corrected chi connectivity index (χ3v) is 3.71. The normalized spacial score (nSPS) is 10.1. The van der Waals surface area contributed by atoms with Gasteiger partial charge in [0.15, 0.2) is 0 Å². The monoisotopic (exact) mass is 408 g/mol. The molecule has 0 aliphatic carbocycles. The smallest absolute Gasteiger partial charge is 0.0357 e. The van der Waals surface area contributed by atoms with Crippen LogP contribution >= 0.6 is 45.2 Å². The number of aromatic nitrogens is 2. The van der Waals surface area contributed by atoms with Gasteiger partial charge in [-0.2, -0.15) is 0 Å². The molecule has 0 N–H and O–H groups in total. The lowest BCUT2D eigenvalue weighted by Crippen LogP contribution is -1.88. The van der Waals surface area contributed by atoms with Gasteiger partial charge in [-0.25, -0.2) is 0 Å². The van der Waals surface area contributed by atoms with Crippen molar-refractivity contribution in [3.8, 4) is 11.1 Å². The van der Waals surface area contributed by atoms with Crippen molar-refractivity contribution in [2.45, 2.75) is 0 Å². The summed E-state index contributed by atoms with van der Waals surface area (Å²) in [7, 11) is 0. The van der Waals surface area contributed by atoms with Gasteiger partial charge < -0.3 is 0 Å². The Hall–Kier alpha value is -0.240. The lowest BCUT2D eigenvalue weighted by atomic mass is 10.1.